The monoisotopic (exact) mass is 203 g/mol. The van der Waals surface area contributed by atoms with Crippen molar-refractivity contribution in [3.05, 3.63) is 0 Å². The maximum absolute atomic E-state index is 9.50. The van der Waals surface area contributed by atoms with Crippen molar-refractivity contribution in [3.63, 3.8) is 0 Å². The van der Waals surface area contributed by atoms with E-state index < -0.39 is 6.10 Å². The van der Waals surface area contributed by atoms with Crippen LogP contribution in [0.15, 0.2) is 0 Å². The lowest BCUT2D eigenvalue weighted by Crippen LogP contribution is -2.40. The van der Waals surface area contributed by atoms with Crippen LogP contribution in [-0.2, 0) is 9.47 Å². The van der Waals surface area contributed by atoms with Gasteiger partial charge in [0.1, 0.15) is 0 Å². The molecule has 4 nitrogen and oxygen atoms in total. The summed E-state index contributed by atoms with van der Waals surface area (Å²) in [5.41, 5.74) is 0. The van der Waals surface area contributed by atoms with Gasteiger partial charge in [-0.1, -0.05) is 0 Å². The van der Waals surface area contributed by atoms with Gasteiger partial charge in [0.2, 0.25) is 0 Å². The van der Waals surface area contributed by atoms with Gasteiger partial charge in [-0.3, -0.25) is 0 Å². The largest absolute Gasteiger partial charge is 0.389 e. The Morgan fingerprint density at radius 3 is 3.00 bits per heavy atom. The molecule has 84 valence electrons. The first-order valence-corrected chi connectivity index (χ1v) is 5.34. The third-order valence-corrected chi connectivity index (χ3v) is 2.51. The van der Waals surface area contributed by atoms with Crippen LogP contribution in [0.4, 0.5) is 0 Å². The molecule has 3 atom stereocenters. The normalized spacial score (nSPS) is 29.4. The highest BCUT2D eigenvalue weighted by molar-refractivity contribution is 4.79. The molecule has 14 heavy (non-hydrogen) atoms. The van der Waals surface area contributed by atoms with Crippen LogP contribution in [0, 0.1) is 0 Å². The topological polar surface area (TPSA) is 50.7 Å². The molecule has 4 heteroatoms. The number of nitrogens with one attached hydrogen (secondary N) is 1. The Morgan fingerprint density at radius 1 is 1.64 bits per heavy atom. The van der Waals surface area contributed by atoms with E-state index in [4.69, 9.17) is 9.47 Å². The Labute approximate surface area is 85.6 Å². The predicted octanol–water partition coefficient (Wildman–Crippen LogP) is 0.151. The Morgan fingerprint density at radius 2 is 2.43 bits per heavy atom. The summed E-state index contributed by atoms with van der Waals surface area (Å²) in [6.07, 6.45) is 0.875. The number of aliphatic hydroxyl groups is 1. The molecule has 3 unspecified atom stereocenters. The quantitative estimate of drug-likeness (QED) is 0.645. The molecule has 1 rings (SSSR count). The number of hydrogen-bond acceptors (Lipinski definition) is 4. The van der Waals surface area contributed by atoms with E-state index in [9.17, 15) is 5.11 Å². The minimum absolute atomic E-state index is 0.259. The highest BCUT2D eigenvalue weighted by atomic mass is 16.5. The zero-order chi connectivity index (χ0) is 10.4. The molecular weight excluding hydrogens is 182 g/mol. The van der Waals surface area contributed by atoms with Gasteiger partial charge < -0.3 is 19.9 Å². The molecule has 0 aliphatic carbocycles. The first-order valence-electron chi connectivity index (χ1n) is 5.34. The van der Waals surface area contributed by atoms with Gasteiger partial charge in [-0.25, -0.2) is 0 Å². The molecule has 1 fully saturated rings. The number of ether oxygens (including phenoxy) is 2. The Balaban J connectivity index is 2.07. The van der Waals surface area contributed by atoms with E-state index in [1.54, 1.807) is 0 Å². The summed E-state index contributed by atoms with van der Waals surface area (Å²) in [5.74, 6) is 0. The average molecular weight is 203 g/mol. The third kappa shape index (κ3) is 3.92. The Hall–Kier alpha value is -0.160. The van der Waals surface area contributed by atoms with Crippen molar-refractivity contribution in [2.24, 2.45) is 0 Å². The molecule has 0 aromatic rings. The first-order chi connectivity index (χ1) is 6.74. The summed E-state index contributed by atoms with van der Waals surface area (Å²) >= 11 is 0. The van der Waals surface area contributed by atoms with Crippen molar-refractivity contribution in [2.75, 3.05) is 26.4 Å². The third-order valence-electron chi connectivity index (χ3n) is 2.51. The molecule has 0 aromatic carbocycles. The van der Waals surface area contributed by atoms with Crippen LogP contribution in [0.1, 0.15) is 20.3 Å². The van der Waals surface area contributed by atoms with Crippen LogP contribution >= 0.6 is 0 Å². The van der Waals surface area contributed by atoms with E-state index >= 15 is 0 Å². The fourth-order valence-electron chi connectivity index (χ4n) is 1.60. The molecule has 0 aromatic heterocycles. The maximum atomic E-state index is 9.50. The van der Waals surface area contributed by atoms with Crippen molar-refractivity contribution in [3.8, 4) is 0 Å². The summed E-state index contributed by atoms with van der Waals surface area (Å²) in [6.45, 7) is 6.44. The van der Waals surface area contributed by atoms with E-state index in [2.05, 4.69) is 12.2 Å². The molecular formula is C10H21NO3. The van der Waals surface area contributed by atoms with E-state index in [-0.39, 0.29) is 6.10 Å². The summed E-state index contributed by atoms with van der Waals surface area (Å²) in [7, 11) is 0. The molecule has 1 heterocycles. The van der Waals surface area contributed by atoms with Crippen molar-refractivity contribution in [2.45, 2.75) is 38.5 Å². The van der Waals surface area contributed by atoms with Crippen LogP contribution in [0.5, 0.6) is 0 Å². The summed E-state index contributed by atoms with van der Waals surface area (Å²) in [5, 5.41) is 12.8. The molecule has 0 spiro atoms. The van der Waals surface area contributed by atoms with Crippen LogP contribution in [0.3, 0.4) is 0 Å². The molecule has 1 saturated heterocycles. The van der Waals surface area contributed by atoms with E-state index in [0.29, 0.717) is 25.8 Å². The molecule has 0 amide bonds. The number of aliphatic hydroxyl groups excluding tert-OH is 1. The van der Waals surface area contributed by atoms with Gasteiger partial charge in [0.05, 0.1) is 18.8 Å². The second kappa shape index (κ2) is 6.35. The van der Waals surface area contributed by atoms with E-state index in [0.717, 1.165) is 13.0 Å². The standard InChI is InChI=1S/C10H21NO3/c1-3-13-7-9(12)6-11-10-4-5-14-8(10)2/h8-12H,3-7H2,1-2H3. The predicted molar refractivity (Wildman–Crippen MR) is 54.3 cm³/mol. The lowest BCUT2D eigenvalue weighted by atomic mass is 10.1. The molecule has 2 N–H and O–H groups in total. The van der Waals surface area contributed by atoms with Gasteiger partial charge in [0.25, 0.3) is 0 Å². The molecule has 1 aliphatic heterocycles. The molecule has 0 saturated carbocycles. The van der Waals surface area contributed by atoms with Gasteiger partial charge in [0, 0.05) is 25.8 Å². The second-order valence-electron chi connectivity index (χ2n) is 3.69. The summed E-state index contributed by atoms with van der Waals surface area (Å²) in [4.78, 5) is 0. The van der Waals surface area contributed by atoms with E-state index in [1.807, 2.05) is 6.92 Å². The van der Waals surface area contributed by atoms with Gasteiger partial charge in [-0.2, -0.15) is 0 Å². The van der Waals surface area contributed by atoms with Crippen LogP contribution in [-0.4, -0.2) is 49.7 Å². The van der Waals surface area contributed by atoms with E-state index in [1.165, 1.54) is 0 Å². The fourth-order valence-corrected chi connectivity index (χ4v) is 1.60. The lowest BCUT2D eigenvalue weighted by Gasteiger charge is -2.18. The second-order valence-corrected chi connectivity index (χ2v) is 3.69. The smallest absolute Gasteiger partial charge is 0.0897 e. The highest BCUT2D eigenvalue weighted by Gasteiger charge is 2.23. The maximum Gasteiger partial charge on any atom is 0.0897 e. The SMILES string of the molecule is CCOCC(O)CNC1CCOC1C. The average Bonchev–Trinajstić information content (AvgIpc) is 2.58. The Kier molecular flexibility index (Phi) is 5.40. The zero-order valence-electron chi connectivity index (χ0n) is 9.03. The van der Waals surface area contributed by atoms with Gasteiger partial charge >= 0.3 is 0 Å². The first kappa shape index (κ1) is 11.9. The Bertz CT molecular complexity index is 154. The highest BCUT2D eigenvalue weighted by Crippen LogP contribution is 2.12. The van der Waals surface area contributed by atoms with Crippen molar-refractivity contribution in [1.82, 2.24) is 5.32 Å². The number of hydrogen-bond donors (Lipinski definition) is 2. The summed E-state index contributed by atoms with van der Waals surface area (Å²) in [6, 6.07) is 0.381. The minimum atomic E-state index is -0.414. The zero-order valence-corrected chi connectivity index (χ0v) is 9.03. The minimum Gasteiger partial charge on any atom is -0.389 e. The molecule has 1 aliphatic rings. The van der Waals surface area contributed by atoms with Crippen LogP contribution < -0.4 is 5.32 Å². The fraction of sp³-hybridized carbons (Fsp3) is 1.00. The van der Waals surface area contributed by atoms with Gasteiger partial charge in [-0.05, 0) is 20.3 Å². The van der Waals surface area contributed by atoms with Crippen molar-refractivity contribution in [1.29, 1.82) is 0 Å². The van der Waals surface area contributed by atoms with Crippen LogP contribution in [0.25, 0.3) is 0 Å². The molecule has 0 bridgehead atoms. The summed E-state index contributed by atoms with van der Waals surface area (Å²) < 4.78 is 10.5. The van der Waals surface area contributed by atoms with Crippen molar-refractivity contribution >= 4 is 0 Å². The molecule has 0 radical (unpaired) electrons. The van der Waals surface area contributed by atoms with Gasteiger partial charge in [0.15, 0.2) is 0 Å². The van der Waals surface area contributed by atoms with Crippen molar-refractivity contribution < 1.29 is 14.6 Å². The van der Waals surface area contributed by atoms with Crippen LogP contribution in [0.2, 0.25) is 0 Å². The number of rotatable bonds is 6. The van der Waals surface area contributed by atoms with Gasteiger partial charge in [-0.15, -0.1) is 0 Å². The lowest BCUT2D eigenvalue weighted by molar-refractivity contribution is 0.0390.